The van der Waals surface area contributed by atoms with Gasteiger partial charge in [-0.2, -0.15) is 61.1 Å². The number of hydrogen-bond donors (Lipinski definition) is 1. The summed E-state index contributed by atoms with van der Waals surface area (Å²) in [5.74, 6) is -45.6. The van der Waals surface area contributed by atoms with Crippen LogP contribution in [0.25, 0.3) is 0 Å². The highest BCUT2D eigenvalue weighted by molar-refractivity contribution is 7.80. The quantitative estimate of drug-likeness (QED) is 0.365. The SMILES string of the molecule is O=S(=O)(O)OCC(F)(F)C(F)(F)C(F)(F)C(F)(F)C(F)(F)C(F)C(F)(F)C(F)F. The van der Waals surface area contributed by atoms with E-state index in [1.54, 1.807) is 0 Å². The Morgan fingerprint density at radius 1 is 0.724 bits per heavy atom. The van der Waals surface area contributed by atoms with Crippen molar-refractivity contribution in [1.82, 2.24) is 0 Å². The zero-order valence-corrected chi connectivity index (χ0v) is 13.4. The highest BCUT2D eigenvalue weighted by atomic mass is 32.3. The van der Waals surface area contributed by atoms with E-state index in [1.807, 2.05) is 0 Å². The minimum atomic E-state index is -8.18. The van der Waals surface area contributed by atoms with Crippen molar-refractivity contribution in [2.24, 2.45) is 0 Å². The van der Waals surface area contributed by atoms with Crippen LogP contribution >= 0.6 is 0 Å². The summed E-state index contributed by atoms with van der Waals surface area (Å²) < 4.78 is 223. The van der Waals surface area contributed by atoms with Crippen molar-refractivity contribution < 1.29 is 83.0 Å². The van der Waals surface area contributed by atoms with Gasteiger partial charge in [-0.3, -0.25) is 4.55 Å². The van der Waals surface area contributed by atoms with Gasteiger partial charge < -0.3 is 0 Å². The maximum atomic E-state index is 13.2. The van der Waals surface area contributed by atoms with E-state index < -0.39 is 65.1 Å². The molecular formula is C9H5F15O4S. The van der Waals surface area contributed by atoms with Crippen LogP contribution in [0, 0.1) is 0 Å². The lowest BCUT2D eigenvalue weighted by molar-refractivity contribution is -0.417. The fourth-order valence-electron chi connectivity index (χ4n) is 1.39. The Morgan fingerprint density at radius 2 is 1.10 bits per heavy atom. The fraction of sp³-hybridized carbons (Fsp3) is 1.00. The van der Waals surface area contributed by atoms with Gasteiger partial charge in [0.25, 0.3) is 0 Å². The normalized spacial score (nSPS) is 17.0. The van der Waals surface area contributed by atoms with Crippen molar-refractivity contribution in [3.05, 3.63) is 0 Å². The fourth-order valence-corrected chi connectivity index (χ4v) is 1.68. The van der Waals surface area contributed by atoms with Crippen LogP contribution in [0.5, 0.6) is 0 Å². The van der Waals surface area contributed by atoms with Crippen LogP contribution in [0.15, 0.2) is 0 Å². The summed E-state index contributed by atoms with van der Waals surface area (Å²) in [6.07, 6.45) is -11.8. The molecule has 1 atom stereocenters. The van der Waals surface area contributed by atoms with E-state index >= 15 is 0 Å². The van der Waals surface area contributed by atoms with E-state index in [4.69, 9.17) is 4.55 Å². The third-order valence-electron chi connectivity index (χ3n) is 3.00. The maximum absolute atomic E-state index is 13.2. The first-order valence-corrected chi connectivity index (χ1v) is 7.48. The lowest BCUT2D eigenvalue weighted by atomic mass is 9.90. The summed E-state index contributed by atoms with van der Waals surface area (Å²) in [7, 11) is -6.11. The van der Waals surface area contributed by atoms with Gasteiger partial charge >= 0.3 is 52.4 Å². The van der Waals surface area contributed by atoms with Crippen molar-refractivity contribution >= 4 is 10.4 Å². The monoisotopic (exact) mass is 494 g/mol. The van der Waals surface area contributed by atoms with Crippen LogP contribution in [0.2, 0.25) is 0 Å². The Kier molecular flexibility index (Phi) is 7.20. The molecule has 0 aliphatic rings. The van der Waals surface area contributed by atoms with E-state index in [2.05, 4.69) is 4.18 Å². The Labute approximate surface area is 149 Å². The molecule has 0 spiro atoms. The molecule has 0 saturated heterocycles. The zero-order valence-electron chi connectivity index (χ0n) is 12.6. The van der Waals surface area contributed by atoms with E-state index in [0.29, 0.717) is 0 Å². The minimum Gasteiger partial charge on any atom is -0.264 e. The van der Waals surface area contributed by atoms with Crippen molar-refractivity contribution in [2.45, 2.75) is 48.1 Å². The summed E-state index contributed by atoms with van der Waals surface area (Å²) in [4.78, 5) is 0. The standard InChI is InChI=1S/C9H5F15O4S/c10-2(5(15,16)3(11)12)6(17,18)8(21,22)9(23,24)7(19,20)4(13,14)1-28-29(25,26)27/h2-3H,1H2,(H,25,26,27). The van der Waals surface area contributed by atoms with Gasteiger partial charge in [0, 0.05) is 0 Å². The van der Waals surface area contributed by atoms with Crippen molar-refractivity contribution in [2.75, 3.05) is 6.61 Å². The second kappa shape index (κ2) is 7.50. The predicted octanol–water partition coefficient (Wildman–Crippen LogP) is 4.22. The predicted molar refractivity (Wildman–Crippen MR) is 58.1 cm³/mol. The van der Waals surface area contributed by atoms with Crippen LogP contribution in [0.4, 0.5) is 65.9 Å². The zero-order chi connectivity index (χ0) is 24.1. The Balaban J connectivity index is 6.30. The molecule has 0 amide bonds. The van der Waals surface area contributed by atoms with Gasteiger partial charge in [0.1, 0.15) is 6.61 Å². The van der Waals surface area contributed by atoms with Gasteiger partial charge in [0.05, 0.1) is 0 Å². The van der Waals surface area contributed by atoms with Crippen LogP contribution in [-0.4, -0.2) is 67.7 Å². The van der Waals surface area contributed by atoms with Crippen molar-refractivity contribution in [3.63, 3.8) is 0 Å². The molecule has 0 aliphatic carbocycles. The van der Waals surface area contributed by atoms with Gasteiger partial charge in [-0.05, 0) is 0 Å². The Hall–Kier alpha value is -1.18. The maximum Gasteiger partial charge on any atom is 0.397 e. The molecule has 0 radical (unpaired) electrons. The molecule has 0 aliphatic heterocycles. The number of rotatable bonds is 10. The molecule has 1 unspecified atom stereocenters. The average molecular weight is 494 g/mol. The Morgan fingerprint density at radius 3 is 1.41 bits per heavy atom. The molecule has 0 aromatic rings. The van der Waals surface area contributed by atoms with Crippen LogP contribution in [-0.2, 0) is 14.6 Å². The molecule has 20 heteroatoms. The minimum absolute atomic E-state index is 2.55. The van der Waals surface area contributed by atoms with Gasteiger partial charge in [-0.15, -0.1) is 0 Å². The largest absolute Gasteiger partial charge is 0.397 e. The number of hydrogen-bond acceptors (Lipinski definition) is 3. The summed E-state index contributed by atoms with van der Waals surface area (Å²) in [5, 5.41) is 0. The molecule has 0 aromatic carbocycles. The molecule has 4 nitrogen and oxygen atoms in total. The molecule has 0 saturated carbocycles. The summed E-state index contributed by atoms with van der Waals surface area (Å²) in [5.41, 5.74) is 0. The van der Waals surface area contributed by atoms with Crippen molar-refractivity contribution in [3.8, 4) is 0 Å². The lowest BCUT2D eigenvalue weighted by Gasteiger charge is -2.40. The van der Waals surface area contributed by atoms with Gasteiger partial charge in [-0.25, -0.2) is 17.4 Å². The topological polar surface area (TPSA) is 63.6 Å². The third-order valence-corrected chi connectivity index (χ3v) is 3.42. The first kappa shape index (κ1) is 27.8. The van der Waals surface area contributed by atoms with Crippen molar-refractivity contribution in [1.29, 1.82) is 0 Å². The first-order valence-electron chi connectivity index (χ1n) is 6.11. The van der Waals surface area contributed by atoms with E-state index in [9.17, 15) is 74.3 Å². The molecule has 176 valence electrons. The second-order valence-corrected chi connectivity index (χ2v) is 6.17. The van der Waals surface area contributed by atoms with Gasteiger partial charge in [-0.1, -0.05) is 0 Å². The molecule has 29 heavy (non-hydrogen) atoms. The molecular weight excluding hydrogens is 489 g/mol. The highest BCUT2D eigenvalue weighted by Crippen LogP contribution is 2.59. The summed E-state index contributed by atoms with van der Waals surface area (Å²) in [6, 6.07) is 0. The first-order chi connectivity index (χ1) is 12.3. The van der Waals surface area contributed by atoms with E-state index in [0.717, 1.165) is 0 Å². The van der Waals surface area contributed by atoms with E-state index in [1.165, 1.54) is 0 Å². The van der Waals surface area contributed by atoms with Gasteiger partial charge in [0.15, 0.2) is 0 Å². The summed E-state index contributed by atoms with van der Waals surface area (Å²) in [6.45, 7) is -3.57. The smallest absolute Gasteiger partial charge is 0.264 e. The molecule has 1 N–H and O–H groups in total. The number of halogens is 15. The molecule has 0 aromatic heterocycles. The Bertz CT molecular complexity index is 688. The molecule has 0 bridgehead atoms. The average Bonchev–Trinajstić information content (AvgIpc) is 2.50. The lowest BCUT2D eigenvalue weighted by Crippen LogP contribution is -2.71. The number of alkyl halides is 15. The third kappa shape index (κ3) is 4.62. The van der Waals surface area contributed by atoms with Crippen LogP contribution in [0.1, 0.15) is 0 Å². The molecule has 0 fully saturated rings. The summed E-state index contributed by atoms with van der Waals surface area (Å²) >= 11 is 0. The second-order valence-electron chi connectivity index (χ2n) is 5.08. The van der Waals surface area contributed by atoms with Crippen LogP contribution < -0.4 is 0 Å². The molecule has 0 heterocycles. The van der Waals surface area contributed by atoms with Gasteiger partial charge in [0.2, 0.25) is 6.17 Å². The van der Waals surface area contributed by atoms with Crippen LogP contribution in [0.3, 0.4) is 0 Å². The molecule has 0 rings (SSSR count). The van der Waals surface area contributed by atoms with E-state index in [-0.39, 0.29) is 0 Å². The highest BCUT2D eigenvalue weighted by Gasteiger charge is 2.89.